The quantitative estimate of drug-likeness (QED) is 0.494. The first-order chi connectivity index (χ1) is 15.1. The van der Waals surface area contributed by atoms with Crippen LogP contribution in [0.15, 0.2) is 48.9 Å². The first-order valence-corrected chi connectivity index (χ1v) is 11.0. The number of aliphatic carboxylic acids is 1. The fourth-order valence-electron chi connectivity index (χ4n) is 4.01. The van der Waals surface area contributed by atoms with Crippen molar-refractivity contribution >= 4 is 33.3 Å². The zero-order chi connectivity index (χ0) is 21.4. The highest BCUT2D eigenvalue weighted by Gasteiger charge is 2.22. The SMILES string of the molecule is Nc1ncc(-c2cnn(C3CCN(CC(=O)O)CC3)c2)cc1-c1nc2ccccc2s1. The third-order valence-electron chi connectivity index (χ3n) is 5.67. The maximum absolute atomic E-state index is 10.9. The number of nitrogen functional groups attached to an aromatic ring is 1. The van der Waals surface area contributed by atoms with E-state index in [9.17, 15) is 4.79 Å². The van der Waals surface area contributed by atoms with Crippen molar-refractivity contribution in [2.45, 2.75) is 18.9 Å². The summed E-state index contributed by atoms with van der Waals surface area (Å²) >= 11 is 1.60. The number of benzene rings is 1. The Bertz CT molecular complexity index is 1210. The van der Waals surface area contributed by atoms with Crippen LogP contribution < -0.4 is 5.73 Å². The Morgan fingerprint density at radius 3 is 2.77 bits per heavy atom. The molecule has 158 valence electrons. The van der Waals surface area contributed by atoms with Gasteiger partial charge in [-0.15, -0.1) is 11.3 Å². The van der Waals surface area contributed by atoms with E-state index in [1.807, 2.05) is 46.2 Å². The molecule has 0 bridgehead atoms. The number of thiazole rings is 1. The Labute approximate surface area is 183 Å². The Kier molecular flexibility index (Phi) is 5.13. The van der Waals surface area contributed by atoms with E-state index in [4.69, 9.17) is 15.8 Å². The summed E-state index contributed by atoms with van der Waals surface area (Å²) in [5.74, 6) is -0.319. The molecule has 0 aliphatic carbocycles. The van der Waals surface area contributed by atoms with Gasteiger partial charge in [0.25, 0.3) is 0 Å². The van der Waals surface area contributed by atoms with E-state index in [-0.39, 0.29) is 12.6 Å². The van der Waals surface area contributed by atoms with Crippen LogP contribution in [0.25, 0.3) is 31.9 Å². The third kappa shape index (κ3) is 4.01. The molecule has 1 aromatic carbocycles. The maximum Gasteiger partial charge on any atom is 0.317 e. The highest BCUT2D eigenvalue weighted by molar-refractivity contribution is 7.21. The van der Waals surface area contributed by atoms with Crippen molar-refractivity contribution in [3.8, 4) is 21.7 Å². The number of carboxylic acid groups (broad SMARTS) is 1. The molecule has 4 aromatic rings. The summed E-state index contributed by atoms with van der Waals surface area (Å²) in [5.41, 5.74) is 9.88. The van der Waals surface area contributed by atoms with E-state index in [1.54, 1.807) is 17.5 Å². The highest BCUT2D eigenvalue weighted by Crippen LogP contribution is 2.35. The lowest BCUT2D eigenvalue weighted by molar-refractivity contribution is -0.138. The lowest BCUT2D eigenvalue weighted by Gasteiger charge is -2.30. The van der Waals surface area contributed by atoms with Crippen LogP contribution in [0.3, 0.4) is 0 Å². The zero-order valence-corrected chi connectivity index (χ0v) is 17.6. The van der Waals surface area contributed by atoms with Gasteiger partial charge in [-0.2, -0.15) is 5.10 Å². The molecule has 5 rings (SSSR count). The second-order valence-corrected chi connectivity index (χ2v) is 8.78. The van der Waals surface area contributed by atoms with Crippen molar-refractivity contribution < 1.29 is 9.90 Å². The average Bonchev–Trinajstić information content (AvgIpc) is 3.42. The fraction of sp³-hybridized carbons (Fsp3) is 0.273. The van der Waals surface area contributed by atoms with Crippen LogP contribution in [-0.4, -0.2) is 55.4 Å². The first-order valence-electron chi connectivity index (χ1n) is 10.2. The van der Waals surface area contributed by atoms with Crippen LogP contribution in [0, 0.1) is 0 Å². The standard InChI is InChI=1S/C22H22N6O2S/c23-21-17(22-26-18-3-1-2-4-19(18)31-22)9-14(10-24-21)15-11-25-28(12-15)16-5-7-27(8-6-16)13-20(29)30/h1-4,9-12,16H,5-8,13H2,(H2,23,24)(H,29,30). The number of fused-ring (bicyclic) bond motifs is 1. The van der Waals surface area contributed by atoms with Gasteiger partial charge in [0.15, 0.2) is 0 Å². The first kappa shape index (κ1) is 19.7. The number of piperidine rings is 1. The van der Waals surface area contributed by atoms with Crippen molar-refractivity contribution in [1.82, 2.24) is 24.6 Å². The second-order valence-electron chi connectivity index (χ2n) is 7.75. The number of aromatic nitrogens is 4. The molecule has 0 spiro atoms. The van der Waals surface area contributed by atoms with Gasteiger partial charge in [0.05, 0.1) is 34.6 Å². The molecule has 4 heterocycles. The van der Waals surface area contributed by atoms with E-state index in [0.29, 0.717) is 5.82 Å². The Morgan fingerprint density at radius 2 is 2.00 bits per heavy atom. The predicted octanol–water partition coefficient (Wildman–Crippen LogP) is 3.53. The minimum atomic E-state index is -0.778. The monoisotopic (exact) mass is 434 g/mol. The molecule has 3 aromatic heterocycles. The van der Waals surface area contributed by atoms with Crippen molar-refractivity contribution in [2.24, 2.45) is 0 Å². The normalized spacial score (nSPS) is 15.5. The number of likely N-dealkylation sites (tertiary alicyclic amines) is 1. The van der Waals surface area contributed by atoms with E-state index >= 15 is 0 Å². The zero-order valence-electron chi connectivity index (χ0n) is 16.8. The maximum atomic E-state index is 10.9. The van der Waals surface area contributed by atoms with Gasteiger partial charge in [-0.1, -0.05) is 12.1 Å². The molecule has 0 radical (unpaired) electrons. The molecule has 1 aliphatic heterocycles. The lowest BCUT2D eigenvalue weighted by atomic mass is 10.1. The van der Waals surface area contributed by atoms with Crippen LogP contribution >= 0.6 is 11.3 Å². The second kappa shape index (κ2) is 8.09. The number of hydrogen-bond donors (Lipinski definition) is 2. The smallest absolute Gasteiger partial charge is 0.317 e. The minimum Gasteiger partial charge on any atom is -0.480 e. The van der Waals surface area contributed by atoms with Gasteiger partial charge < -0.3 is 10.8 Å². The summed E-state index contributed by atoms with van der Waals surface area (Å²) in [6.07, 6.45) is 7.41. The van der Waals surface area contributed by atoms with Gasteiger partial charge in [-0.25, -0.2) is 9.97 Å². The van der Waals surface area contributed by atoms with Crippen molar-refractivity contribution in [1.29, 1.82) is 0 Å². The minimum absolute atomic E-state index is 0.0999. The summed E-state index contributed by atoms with van der Waals surface area (Å²) in [7, 11) is 0. The number of rotatable bonds is 5. The molecule has 9 heteroatoms. The number of nitrogens with zero attached hydrogens (tertiary/aromatic N) is 5. The molecule has 1 fully saturated rings. The van der Waals surface area contributed by atoms with Crippen LogP contribution in [0.2, 0.25) is 0 Å². The Morgan fingerprint density at radius 1 is 1.19 bits per heavy atom. The summed E-state index contributed by atoms with van der Waals surface area (Å²) < 4.78 is 3.10. The molecular weight excluding hydrogens is 412 g/mol. The van der Waals surface area contributed by atoms with Crippen molar-refractivity contribution in [2.75, 3.05) is 25.4 Å². The Balaban J connectivity index is 1.37. The summed E-state index contributed by atoms with van der Waals surface area (Å²) in [4.78, 5) is 22.0. The van der Waals surface area contributed by atoms with Gasteiger partial charge in [0, 0.05) is 36.6 Å². The molecule has 1 saturated heterocycles. The topological polar surface area (TPSA) is 110 Å². The average molecular weight is 435 g/mol. The largest absolute Gasteiger partial charge is 0.480 e. The molecule has 1 aliphatic rings. The van der Waals surface area contributed by atoms with E-state index in [1.165, 1.54) is 0 Å². The predicted molar refractivity (Wildman–Crippen MR) is 121 cm³/mol. The van der Waals surface area contributed by atoms with Crippen molar-refractivity contribution in [3.05, 3.63) is 48.9 Å². The molecule has 8 nitrogen and oxygen atoms in total. The van der Waals surface area contributed by atoms with E-state index in [2.05, 4.69) is 16.1 Å². The van der Waals surface area contributed by atoms with Crippen molar-refractivity contribution in [3.63, 3.8) is 0 Å². The molecular formula is C22H22N6O2S. The summed E-state index contributed by atoms with van der Waals surface area (Å²) in [5, 5.41) is 14.4. The number of carboxylic acids is 1. The molecule has 0 saturated carbocycles. The van der Waals surface area contributed by atoms with Crippen LogP contribution in [-0.2, 0) is 4.79 Å². The number of carbonyl (C=O) groups is 1. The van der Waals surface area contributed by atoms with Crippen LogP contribution in [0.4, 0.5) is 5.82 Å². The van der Waals surface area contributed by atoms with Crippen LogP contribution in [0.5, 0.6) is 0 Å². The van der Waals surface area contributed by atoms with E-state index in [0.717, 1.165) is 57.8 Å². The third-order valence-corrected chi connectivity index (χ3v) is 6.74. The van der Waals surface area contributed by atoms with Gasteiger partial charge >= 0.3 is 5.97 Å². The lowest BCUT2D eigenvalue weighted by Crippen LogP contribution is -2.38. The van der Waals surface area contributed by atoms with Gasteiger partial charge in [0.2, 0.25) is 0 Å². The molecule has 0 unspecified atom stereocenters. The van der Waals surface area contributed by atoms with Gasteiger partial charge in [-0.3, -0.25) is 14.4 Å². The van der Waals surface area contributed by atoms with E-state index < -0.39 is 5.97 Å². The molecule has 0 amide bonds. The molecule has 0 atom stereocenters. The van der Waals surface area contributed by atoms with Gasteiger partial charge in [-0.05, 0) is 31.0 Å². The molecule has 3 N–H and O–H groups in total. The number of nitrogens with two attached hydrogens (primary N) is 1. The Hall–Kier alpha value is -3.30. The summed E-state index contributed by atoms with van der Waals surface area (Å²) in [6.45, 7) is 1.62. The van der Waals surface area contributed by atoms with Gasteiger partial charge in [0.1, 0.15) is 10.8 Å². The number of pyridine rings is 1. The highest BCUT2D eigenvalue weighted by atomic mass is 32.1. The number of hydrogen-bond acceptors (Lipinski definition) is 7. The molecule has 31 heavy (non-hydrogen) atoms. The number of anilines is 1. The fourth-order valence-corrected chi connectivity index (χ4v) is 5.00. The number of para-hydroxylation sites is 1. The van der Waals surface area contributed by atoms with Crippen LogP contribution in [0.1, 0.15) is 18.9 Å². The summed E-state index contributed by atoms with van der Waals surface area (Å²) in [6, 6.07) is 10.3.